The van der Waals surface area contributed by atoms with Gasteiger partial charge in [0.25, 0.3) is 5.91 Å². The standard InChI is InChI=1S/C29H32ClF3N4O4/c1-4-36-23(17-35-14-15-37(18(3)16-35)26(38)20-8-12-22(30)13-9-20)24(27(39)41-5-2)25(34-28(36)40)19-6-10-21(11-7-19)29(31,32)33/h6-13,18,25H,4-5,14-17H2,1-3H3,(H,34,40). The number of amides is 3. The average molecular weight is 593 g/mol. The fraction of sp³-hybridized carbons (Fsp3) is 0.414. The maximum atomic E-state index is 13.3. The van der Waals surface area contributed by atoms with Crippen molar-refractivity contribution >= 4 is 29.5 Å². The molecule has 2 aromatic carbocycles. The molecule has 1 N–H and O–H groups in total. The molecule has 1 saturated heterocycles. The van der Waals surface area contributed by atoms with E-state index in [-0.39, 0.29) is 37.2 Å². The Morgan fingerprint density at radius 1 is 1.05 bits per heavy atom. The largest absolute Gasteiger partial charge is 0.463 e. The fourth-order valence-electron chi connectivity index (χ4n) is 5.22. The Hall–Kier alpha value is -3.57. The number of hydrogen-bond acceptors (Lipinski definition) is 5. The molecule has 0 saturated carbocycles. The minimum absolute atomic E-state index is 0.0813. The summed E-state index contributed by atoms with van der Waals surface area (Å²) in [5, 5.41) is 3.31. The van der Waals surface area contributed by atoms with Gasteiger partial charge in [0.1, 0.15) is 0 Å². The third-order valence-corrected chi connectivity index (χ3v) is 7.51. The zero-order chi connectivity index (χ0) is 29.9. The monoisotopic (exact) mass is 592 g/mol. The Balaban J connectivity index is 1.63. The van der Waals surface area contributed by atoms with Crippen molar-refractivity contribution in [2.24, 2.45) is 0 Å². The van der Waals surface area contributed by atoms with Crippen LogP contribution in [0.1, 0.15) is 48.3 Å². The maximum absolute atomic E-state index is 13.3. The van der Waals surface area contributed by atoms with Gasteiger partial charge in [0.15, 0.2) is 0 Å². The number of urea groups is 1. The number of alkyl halides is 3. The molecule has 0 spiro atoms. The highest BCUT2D eigenvalue weighted by Gasteiger charge is 2.40. The van der Waals surface area contributed by atoms with Crippen molar-refractivity contribution in [1.82, 2.24) is 20.0 Å². The van der Waals surface area contributed by atoms with Crippen LogP contribution < -0.4 is 5.32 Å². The van der Waals surface area contributed by atoms with Crippen LogP contribution in [0.3, 0.4) is 0 Å². The minimum atomic E-state index is -4.52. The van der Waals surface area contributed by atoms with Crippen molar-refractivity contribution in [3.8, 4) is 0 Å². The number of rotatable bonds is 7. The van der Waals surface area contributed by atoms with Gasteiger partial charge in [-0.3, -0.25) is 14.6 Å². The molecule has 0 aliphatic carbocycles. The van der Waals surface area contributed by atoms with Gasteiger partial charge in [0, 0.05) is 55.0 Å². The van der Waals surface area contributed by atoms with E-state index in [0.29, 0.717) is 41.5 Å². The zero-order valence-corrected chi connectivity index (χ0v) is 23.8. The quantitative estimate of drug-likeness (QED) is 0.452. The highest BCUT2D eigenvalue weighted by Crippen LogP contribution is 2.35. The van der Waals surface area contributed by atoms with Crippen LogP contribution >= 0.6 is 11.6 Å². The van der Waals surface area contributed by atoms with Gasteiger partial charge in [0.05, 0.1) is 23.8 Å². The number of esters is 1. The second-order valence-electron chi connectivity index (χ2n) is 9.92. The Morgan fingerprint density at radius 3 is 2.27 bits per heavy atom. The summed E-state index contributed by atoms with van der Waals surface area (Å²) in [5.41, 5.74) is 0.613. The first-order valence-corrected chi connectivity index (χ1v) is 13.8. The number of halogens is 4. The predicted molar refractivity (Wildman–Crippen MR) is 147 cm³/mol. The van der Waals surface area contributed by atoms with Crippen LogP contribution in [0.25, 0.3) is 0 Å². The Bertz CT molecular complexity index is 1310. The summed E-state index contributed by atoms with van der Waals surface area (Å²) in [7, 11) is 0. The lowest BCUT2D eigenvalue weighted by Crippen LogP contribution is -2.56. The number of piperazine rings is 1. The second kappa shape index (κ2) is 12.5. The fourth-order valence-corrected chi connectivity index (χ4v) is 5.35. The lowest BCUT2D eigenvalue weighted by atomic mass is 9.93. The predicted octanol–water partition coefficient (Wildman–Crippen LogP) is 5.11. The number of benzene rings is 2. The first kappa shape index (κ1) is 30.4. The minimum Gasteiger partial charge on any atom is -0.463 e. The molecule has 3 amide bonds. The van der Waals surface area contributed by atoms with E-state index >= 15 is 0 Å². The molecule has 2 aliphatic rings. The molecule has 41 heavy (non-hydrogen) atoms. The molecular weight excluding hydrogens is 561 g/mol. The van der Waals surface area contributed by atoms with Crippen molar-refractivity contribution in [2.75, 3.05) is 39.3 Å². The van der Waals surface area contributed by atoms with E-state index in [0.717, 1.165) is 12.1 Å². The topological polar surface area (TPSA) is 82.2 Å². The molecule has 2 aromatic rings. The van der Waals surface area contributed by atoms with Gasteiger partial charge in [0.2, 0.25) is 0 Å². The molecule has 2 atom stereocenters. The molecule has 0 aromatic heterocycles. The van der Waals surface area contributed by atoms with E-state index in [4.69, 9.17) is 16.3 Å². The van der Waals surface area contributed by atoms with Gasteiger partial charge < -0.3 is 15.0 Å². The Labute approximate surface area is 241 Å². The van der Waals surface area contributed by atoms with Crippen LogP contribution in [0.2, 0.25) is 5.02 Å². The average Bonchev–Trinajstić information content (AvgIpc) is 2.93. The summed E-state index contributed by atoms with van der Waals surface area (Å²) in [6.45, 7) is 7.28. The van der Waals surface area contributed by atoms with Crippen molar-refractivity contribution in [2.45, 2.75) is 39.0 Å². The number of nitrogens with zero attached hydrogens (tertiary/aromatic N) is 3. The molecule has 12 heteroatoms. The molecule has 0 bridgehead atoms. The van der Waals surface area contributed by atoms with E-state index in [2.05, 4.69) is 10.2 Å². The molecular formula is C29H32ClF3N4O4. The van der Waals surface area contributed by atoms with Crippen LogP contribution in [-0.2, 0) is 15.7 Å². The molecule has 8 nitrogen and oxygen atoms in total. The first-order chi connectivity index (χ1) is 19.4. The van der Waals surface area contributed by atoms with Crippen LogP contribution in [-0.4, -0.2) is 78.0 Å². The van der Waals surface area contributed by atoms with E-state index < -0.39 is 29.8 Å². The lowest BCUT2D eigenvalue weighted by molar-refractivity contribution is -0.139. The molecule has 0 radical (unpaired) electrons. The van der Waals surface area contributed by atoms with E-state index in [9.17, 15) is 27.6 Å². The van der Waals surface area contributed by atoms with Gasteiger partial charge in [-0.05, 0) is 62.7 Å². The van der Waals surface area contributed by atoms with Gasteiger partial charge in [-0.15, -0.1) is 0 Å². The maximum Gasteiger partial charge on any atom is 0.416 e. The van der Waals surface area contributed by atoms with Gasteiger partial charge >= 0.3 is 18.2 Å². The second-order valence-corrected chi connectivity index (χ2v) is 10.4. The van der Waals surface area contributed by atoms with Crippen LogP contribution in [0, 0.1) is 0 Å². The number of ether oxygens (including phenoxy) is 1. The zero-order valence-electron chi connectivity index (χ0n) is 23.0. The molecule has 2 aliphatic heterocycles. The molecule has 2 heterocycles. The number of carbonyl (C=O) groups excluding carboxylic acids is 3. The van der Waals surface area contributed by atoms with Gasteiger partial charge in [-0.25, -0.2) is 9.59 Å². The summed E-state index contributed by atoms with van der Waals surface area (Å²) in [6.07, 6.45) is -4.52. The van der Waals surface area contributed by atoms with Gasteiger partial charge in [-0.2, -0.15) is 13.2 Å². The summed E-state index contributed by atoms with van der Waals surface area (Å²) in [5.74, 6) is -0.773. The van der Waals surface area contributed by atoms with E-state index in [1.165, 1.54) is 17.0 Å². The summed E-state index contributed by atoms with van der Waals surface area (Å²) in [4.78, 5) is 44.9. The van der Waals surface area contributed by atoms with E-state index in [1.54, 1.807) is 43.0 Å². The van der Waals surface area contributed by atoms with E-state index in [1.807, 2.05) is 6.92 Å². The molecule has 2 unspecified atom stereocenters. The summed E-state index contributed by atoms with van der Waals surface area (Å²) in [6, 6.07) is 9.43. The number of likely N-dealkylation sites (N-methyl/N-ethyl adjacent to an activating group) is 1. The summed E-state index contributed by atoms with van der Waals surface area (Å²) >= 11 is 5.96. The molecule has 1 fully saturated rings. The van der Waals surface area contributed by atoms with Crippen molar-refractivity contribution < 1.29 is 32.3 Å². The number of carbonyl (C=O) groups is 3. The third kappa shape index (κ3) is 6.68. The van der Waals surface area contributed by atoms with Crippen LogP contribution in [0.15, 0.2) is 59.8 Å². The highest BCUT2D eigenvalue weighted by atomic mass is 35.5. The molecule has 220 valence electrons. The third-order valence-electron chi connectivity index (χ3n) is 7.26. The SMILES string of the molecule is CCOC(=O)C1=C(CN2CCN(C(=O)c3ccc(Cl)cc3)C(C)C2)N(CC)C(=O)NC1c1ccc(C(F)(F)F)cc1. The first-order valence-electron chi connectivity index (χ1n) is 13.4. The number of nitrogens with one attached hydrogen (secondary N) is 1. The normalized spacial score (nSPS) is 20.2. The number of hydrogen-bond donors (Lipinski definition) is 1. The lowest BCUT2D eigenvalue weighted by Gasteiger charge is -2.43. The smallest absolute Gasteiger partial charge is 0.416 e. The Kier molecular flexibility index (Phi) is 9.28. The van der Waals surface area contributed by atoms with Crippen molar-refractivity contribution in [1.29, 1.82) is 0 Å². The van der Waals surface area contributed by atoms with Crippen molar-refractivity contribution in [3.05, 3.63) is 81.5 Å². The van der Waals surface area contributed by atoms with Crippen LogP contribution in [0.5, 0.6) is 0 Å². The van der Waals surface area contributed by atoms with Gasteiger partial charge in [-0.1, -0.05) is 23.7 Å². The Morgan fingerprint density at radius 2 is 1.71 bits per heavy atom. The van der Waals surface area contributed by atoms with Crippen molar-refractivity contribution in [3.63, 3.8) is 0 Å². The highest BCUT2D eigenvalue weighted by molar-refractivity contribution is 6.30. The molecule has 4 rings (SSSR count). The van der Waals surface area contributed by atoms with Crippen LogP contribution in [0.4, 0.5) is 18.0 Å². The summed E-state index contributed by atoms with van der Waals surface area (Å²) < 4.78 is 44.9.